The van der Waals surface area contributed by atoms with E-state index in [0.29, 0.717) is 0 Å². The molecule has 0 unspecified atom stereocenters. The van der Waals surface area contributed by atoms with Crippen molar-refractivity contribution in [3.05, 3.63) is 12.2 Å². The van der Waals surface area contributed by atoms with Crippen molar-refractivity contribution in [2.45, 2.75) is 19.9 Å². The van der Waals surface area contributed by atoms with Gasteiger partial charge in [-0.25, -0.2) is 0 Å². The molecule has 2 amide bonds. The van der Waals surface area contributed by atoms with Crippen LogP contribution in [0.15, 0.2) is 12.2 Å². The molecule has 0 aliphatic carbocycles. The number of nitrogens with two attached hydrogens (primary N) is 1. The van der Waals surface area contributed by atoms with Gasteiger partial charge in [0.05, 0.1) is 0 Å². The second kappa shape index (κ2) is 5.92. The zero-order valence-corrected chi connectivity index (χ0v) is 8.56. The van der Waals surface area contributed by atoms with Gasteiger partial charge in [0.2, 0.25) is 0 Å². The Hall–Kier alpha value is -1.69. The molecule has 84 valence electrons. The monoisotopic (exact) mass is 214 g/mol. The number of hydrogen-bond acceptors (Lipinski definition) is 4. The molecule has 1 aliphatic heterocycles. The Labute approximate surface area is 87.1 Å². The molecule has 0 radical (unpaired) electrons. The van der Waals surface area contributed by atoms with Crippen molar-refractivity contribution in [1.82, 2.24) is 5.32 Å². The van der Waals surface area contributed by atoms with E-state index in [1.54, 1.807) is 13.8 Å². The van der Waals surface area contributed by atoms with Crippen LogP contribution in [0.3, 0.4) is 0 Å². The maximum atomic E-state index is 10.0. The molecule has 0 aromatic heterocycles. The van der Waals surface area contributed by atoms with Gasteiger partial charge in [0.15, 0.2) is 0 Å². The van der Waals surface area contributed by atoms with Crippen LogP contribution >= 0.6 is 0 Å². The summed E-state index contributed by atoms with van der Waals surface area (Å²) in [5.41, 5.74) is 5.16. The topological polar surface area (TPSA) is 109 Å². The molecule has 4 N–H and O–H groups in total. The molecule has 0 aromatic carbocycles. The maximum absolute atomic E-state index is 10.0. The van der Waals surface area contributed by atoms with Crippen molar-refractivity contribution < 1.29 is 19.5 Å². The summed E-state index contributed by atoms with van der Waals surface area (Å²) in [5, 5.41) is 10.3. The summed E-state index contributed by atoms with van der Waals surface area (Å²) in [5.74, 6) is -1.57. The van der Waals surface area contributed by atoms with Crippen LogP contribution in [0.1, 0.15) is 13.8 Å². The van der Waals surface area contributed by atoms with E-state index in [0.717, 1.165) is 0 Å². The summed E-state index contributed by atoms with van der Waals surface area (Å²) in [6.07, 6.45) is 2.39. The predicted molar refractivity (Wildman–Crippen MR) is 52.7 cm³/mol. The minimum Gasteiger partial charge on any atom is -0.480 e. The quantitative estimate of drug-likeness (QED) is 0.524. The van der Waals surface area contributed by atoms with E-state index in [2.05, 4.69) is 0 Å². The third kappa shape index (κ3) is 5.58. The van der Waals surface area contributed by atoms with E-state index in [9.17, 15) is 14.4 Å². The SMILES string of the molecule is CC(C)[C@H](N)C(=O)O.O=C1C=CC(=O)N1. The minimum absolute atomic E-state index is 0.0208. The molecule has 6 nitrogen and oxygen atoms in total. The molecular formula is C9H14N2O4. The lowest BCUT2D eigenvalue weighted by molar-refractivity contribution is -0.139. The summed E-state index contributed by atoms with van der Waals surface area (Å²) < 4.78 is 0. The van der Waals surface area contributed by atoms with Crippen LogP contribution in [0, 0.1) is 5.92 Å². The van der Waals surface area contributed by atoms with Gasteiger partial charge in [0, 0.05) is 12.2 Å². The van der Waals surface area contributed by atoms with E-state index < -0.39 is 12.0 Å². The Balaban J connectivity index is 0.000000262. The van der Waals surface area contributed by atoms with Crippen LogP contribution < -0.4 is 11.1 Å². The van der Waals surface area contributed by atoms with E-state index in [4.69, 9.17) is 10.8 Å². The highest BCUT2D eigenvalue weighted by Crippen LogP contribution is 1.96. The zero-order valence-electron chi connectivity index (χ0n) is 8.56. The molecule has 0 saturated carbocycles. The molecule has 0 saturated heterocycles. The second-order valence-corrected chi connectivity index (χ2v) is 3.29. The predicted octanol–water partition coefficient (Wildman–Crippen LogP) is -0.747. The summed E-state index contributed by atoms with van der Waals surface area (Å²) >= 11 is 0. The number of hydrogen-bond donors (Lipinski definition) is 3. The molecule has 1 heterocycles. The minimum atomic E-state index is -0.931. The van der Waals surface area contributed by atoms with Crippen LogP contribution in [0.2, 0.25) is 0 Å². The van der Waals surface area contributed by atoms with Crippen LogP contribution in [-0.2, 0) is 14.4 Å². The number of amides is 2. The summed E-state index contributed by atoms with van der Waals surface area (Å²) in [6, 6.07) is -0.713. The number of carboxylic acids is 1. The Morgan fingerprint density at radius 2 is 1.73 bits per heavy atom. The standard InChI is InChI=1S/C5H11NO2.C4H3NO2/c1-3(2)4(6)5(7)8;6-3-1-2-4(7)5-3/h3-4H,6H2,1-2H3,(H,7,8);1-2H,(H,5,6,7)/t4-;/m0./s1. The number of imide groups is 1. The molecule has 0 spiro atoms. The molecular weight excluding hydrogens is 200 g/mol. The van der Waals surface area contributed by atoms with Gasteiger partial charge >= 0.3 is 5.97 Å². The summed E-state index contributed by atoms with van der Waals surface area (Å²) in [7, 11) is 0. The average Bonchev–Trinajstić information content (AvgIpc) is 2.49. The molecule has 0 fully saturated rings. The first kappa shape index (κ1) is 13.3. The number of carbonyl (C=O) groups excluding carboxylic acids is 2. The lowest BCUT2D eigenvalue weighted by atomic mass is 10.1. The fraction of sp³-hybridized carbons (Fsp3) is 0.444. The number of rotatable bonds is 2. The lowest BCUT2D eigenvalue weighted by Crippen LogP contribution is -2.34. The molecule has 1 atom stereocenters. The highest BCUT2D eigenvalue weighted by Gasteiger charge is 2.14. The second-order valence-electron chi connectivity index (χ2n) is 3.29. The summed E-state index contributed by atoms with van der Waals surface area (Å²) in [6.45, 7) is 3.55. The van der Waals surface area contributed by atoms with Crippen LogP contribution in [0.4, 0.5) is 0 Å². The van der Waals surface area contributed by atoms with Crippen molar-refractivity contribution in [2.24, 2.45) is 11.7 Å². The smallest absolute Gasteiger partial charge is 0.320 e. The molecule has 1 aliphatic rings. The van der Waals surface area contributed by atoms with Gasteiger partial charge < -0.3 is 10.8 Å². The lowest BCUT2D eigenvalue weighted by Gasteiger charge is -2.07. The Morgan fingerprint density at radius 3 is 1.80 bits per heavy atom. The molecule has 1 rings (SSSR count). The third-order valence-electron chi connectivity index (χ3n) is 1.64. The highest BCUT2D eigenvalue weighted by atomic mass is 16.4. The van der Waals surface area contributed by atoms with Gasteiger partial charge in [-0.2, -0.15) is 0 Å². The molecule has 15 heavy (non-hydrogen) atoms. The highest BCUT2D eigenvalue weighted by molar-refractivity contribution is 6.12. The van der Waals surface area contributed by atoms with Crippen molar-refractivity contribution in [3.63, 3.8) is 0 Å². The van der Waals surface area contributed by atoms with Gasteiger partial charge in [-0.1, -0.05) is 13.8 Å². The largest absolute Gasteiger partial charge is 0.480 e. The van der Waals surface area contributed by atoms with Crippen LogP contribution in [-0.4, -0.2) is 28.9 Å². The van der Waals surface area contributed by atoms with Gasteiger partial charge in [-0.3, -0.25) is 19.7 Å². The van der Waals surface area contributed by atoms with Crippen LogP contribution in [0.5, 0.6) is 0 Å². The van der Waals surface area contributed by atoms with Gasteiger partial charge in [0.25, 0.3) is 11.8 Å². The van der Waals surface area contributed by atoms with Crippen LogP contribution in [0.25, 0.3) is 0 Å². The maximum Gasteiger partial charge on any atom is 0.320 e. The Morgan fingerprint density at radius 1 is 1.33 bits per heavy atom. The zero-order chi connectivity index (χ0) is 12.0. The first-order valence-electron chi connectivity index (χ1n) is 4.36. The average molecular weight is 214 g/mol. The van der Waals surface area contributed by atoms with Crippen molar-refractivity contribution in [1.29, 1.82) is 0 Å². The Kier molecular flexibility index (Phi) is 5.25. The van der Waals surface area contributed by atoms with E-state index in [1.165, 1.54) is 12.2 Å². The fourth-order valence-electron chi connectivity index (χ4n) is 0.641. The molecule has 6 heteroatoms. The van der Waals surface area contributed by atoms with Gasteiger partial charge in [-0.15, -0.1) is 0 Å². The summed E-state index contributed by atoms with van der Waals surface area (Å²) in [4.78, 5) is 30.1. The Bertz CT molecular complexity index is 280. The van der Waals surface area contributed by atoms with Crippen molar-refractivity contribution in [3.8, 4) is 0 Å². The fourth-order valence-corrected chi connectivity index (χ4v) is 0.641. The van der Waals surface area contributed by atoms with Crippen molar-refractivity contribution in [2.75, 3.05) is 0 Å². The molecule has 0 bridgehead atoms. The van der Waals surface area contributed by atoms with E-state index >= 15 is 0 Å². The molecule has 0 aromatic rings. The van der Waals surface area contributed by atoms with E-state index in [-0.39, 0.29) is 17.7 Å². The van der Waals surface area contributed by atoms with Gasteiger partial charge in [-0.05, 0) is 5.92 Å². The first-order valence-corrected chi connectivity index (χ1v) is 4.36. The third-order valence-corrected chi connectivity index (χ3v) is 1.64. The van der Waals surface area contributed by atoms with Gasteiger partial charge in [0.1, 0.15) is 6.04 Å². The number of aliphatic carboxylic acids is 1. The van der Waals surface area contributed by atoms with E-state index in [1.807, 2.05) is 5.32 Å². The number of nitrogens with one attached hydrogen (secondary N) is 1. The number of carboxylic acid groups (broad SMARTS) is 1. The first-order chi connectivity index (χ1) is 6.84. The number of carbonyl (C=O) groups is 3. The van der Waals surface area contributed by atoms with Crippen molar-refractivity contribution >= 4 is 17.8 Å². The normalized spacial score (nSPS) is 15.7.